The topological polar surface area (TPSA) is 54.8 Å². The van der Waals surface area contributed by atoms with E-state index in [1.54, 1.807) is 6.92 Å². The lowest BCUT2D eigenvalue weighted by atomic mass is 10.2. The Bertz CT molecular complexity index is 658. The van der Waals surface area contributed by atoms with Gasteiger partial charge in [0.05, 0.1) is 11.8 Å². The van der Waals surface area contributed by atoms with E-state index in [9.17, 15) is 5.11 Å². The molecule has 2 heterocycles. The van der Waals surface area contributed by atoms with Gasteiger partial charge in [-0.15, -0.1) is 0 Å². The highest BCUT2D eigenvalue weighted by atomic mass is 16.6. The van der Waals surface area contributed by atoms with Crippen molar-refractivity contribution in [2.24, 2.45) is 0 Å². The number of aliphatic hydroxyl groups excluding tert-OH is 1. The number of hydrogen-bond donors (Lipinski definition) is 1. The van der Waals surface area contributed by atoms with Crippen molar-refractivity contribution >= 4 is 5.82 Å². The van der Waals surface area contributed by atoms with E-state index in [4.69, 9.17) is 9.47 Å². The third kappa shape index (κ3) is 3.14. The molecule has 0 radical (unpaired) electrons. The van der Waals surface area contributed by atoms with Crippen molar-refractivity contribution in [3.8, 4) is 11.5 Å². The molecule has 1 unspecified atom stereocenters. The Morgan fingerprint density at radius 2 is 1.95 bits per heavy atom. The molecule has 116 valence electrons. The number of rotatable bonds is 4. The predicted molar refractivity (Wildman–Crippen MR) is 84.4 cm³/mol. The summed E-state index contributed by atoms with van der Waals surface area (Å²) in [5.74, 6) is 2.42. The van der Waals surface area contributed by atoms with Gasteiger partial charge < -0.3 is 19.5 Å². The summed E-state index contributed by atoms with van der Waals surface area (Å²) in [6.45, 7) is 3.60. The van der Waals surface area contributed by atoms with E-state index < -0.39 is 6.10 Å². The van der Waals surface area contributed by atoms with Gasteiger partial charge in [-0.05, 0) is 36.8 Å². The summed E-state index contributed by atoms with van der Waals surface area (Å²) in [5.41, 5.74) is 1.79. The molecule has 1 aliphatic rings. The minimum Gasteiger partial charge on any atom is -0.486 e. The van der Waals surface area contributed by atoms with E-state index in [2.05, 4.69) is 4.98 Å². The summed E-state index contributed by atoms with van der Waals surface area (Å²) in [7, 11) is 1.98. The molecular formula is C17H20N2O3. The molecule has 0 fully saturated rings. The number of pyridine rings is 1. The zero-order valence-corrected chi connectivity index (χ0v) is 12.8. The highest BCUT2D eigenvalue weighted by molar-refractivity contribution is 5.46. The fraction of sp³-hybridized carbons (Fsp3) is 0.353. The number of aliphatic hydroxyl groups is 1. The standard InChI is InChI=1S/C17H20N2O3/c1-12(20)14-4-3-5-17(18-14)19(2)11-13-6-7-15-16(10-13)22-9-8-21-15/h3-7,10,12,20H,8-9,11H2,1-2H3. The lowest BCUT2D eigenvalue weighted by Gasteiger charge is -2.22. The van der Waals surface area contributed by atoms with Crippen LogP contribution in [0.1, 0.15) is 24.3 Å². The number of aromatic nitrogens is 1. The smallest absolute Gasteiger partial charge is 0.161 e. The van der Waals surface area contributed by atoms with E-state index in [0.29, 0.717) is 25.5 Å². The van der Waals surface area contributed by atoms with Crippen molar-refractivity contribution in [1.82, 2.24) is 4.98 Å². The third-order valence-corrected chi connectivity index (χ3v) is 3.60. The lowest BCUT2D eigenvalue weighted by Crippen LogP contribution is -2.19. The summed E-state index contributed by atoms with van der Waals surface area (Å²) in [6, 6.07) is 11.6. The number of ether oxygens (including phenoxy) is 2. The number of nitrogens with zero attached hydrogens (tertiary/aromatic N) is 2. The SMILES string of the molecule is CC(O)c1cccc(N(C)Cc2ccc3c(c2)OCCO3)n1. The molecule has 1 N–H and O–H groups in total. The first-order chi connectivity index (χ1) is 10.6. The molecule has 1 aliphatic heterocycles. The molecule has 0 spiro atoms. The van der Waals surface area contributed by atoms with Crippen LogP contribution in [0.15, 0.2) is 36.4 Å². The molecule has 3 rings (SSSR count). The third-order valence-electron chi connectivity index (χ3n) is 3.60. The van der Waals surface area contributed by atoms with E-state index in [0.717, 1.165) is 22.9 Å². The number of fused-ring (bicyclic) bond motifs is 1. The molecule has 1 aromatic heterocycles. The molecular weight excluding hydrogens is 280 g/mol. The Morgan fingerprint density at radius 1 is 1.18 bits per heavy atom. The fourth-order valence-corrected chi connectivity index (χ4v) is 2.43. The maximum Gasteiger partial charge on any atom is 0.161 e. The van der Waals surface area contributed by atoms with Crippen LogP contribution in [0.3, 0.4) is 0 Å². The van der Waals surface area contributed by atoms with E-state index in [1.165, 1.54) is 0 Å². The Balaban J connectivity index is 1.76. The molecule has 1 aromatic carbocycles. The molecule has 0 aliphatic carbocycles. The molecule has 0 saturated heterocycles. The van der Waals surface area contributed by atoms with Crippen LogP contribution in [0.5, 0.6) is 11.5 Å². The van der Waals surface area contributed by atoms with Crippen LogP contribution >= 0.6 is 0 Å². The van der Waals surface area contributed by atoms with Gasteiger partial charge in [0.25, 0.3) is 0 Å². The van der Waals surface area contributed by atoms with Crippen molar-refractivity contribution < 1.29 is 14.6 Å². The van der Waals surface area contributed by atoms with Gasteiger partial charge in [-0.1, -0.05) is 12.1 Å². The summed E-state index contributed by atoms with van der Waals surface area (Å²) in [6.07, 6.45) is -0.567. The van der Waals surface area contributed by atoms with Crippen molar-refractivity contribution in [2.75, 3.05) is 25.2 Å². The van der Waals surface area contributed by atoms with Crippen LogP contribution in [0.25, 0.3) is 0 Å². The maximum absolute atomic E-state index is 9.64. The van der Waals surface area contributed by atoms with Gasteiger partial charge >= 0.3 is 0 Å². The molecule has 5 heteroatoms. The second-order valence-corrected chi connectivity index (χ2v) is 5.43. The number of anilines is 1. The molecule has 2 aromatic rings. The van der Waals surface area contributed by atoms with Crippen molar-refractivity contribution in [3.63, 3.8) is 0 Å². The summed E-state index contributed by atoms with van der Waals surface area (Å²) >= 11 is 0. The molecule has 0 amide bonds. The Labute approximate surface area is 130 Å². The van der Waals surface area contributed by atoms with Crippen molar-refractivity contribution in [1.29, 1.82) is 0 Å². The monoisotopic (exact) mass is 300 g/mol. The van der Waals surface area contributed by atoms with E-state index in [-0.39, 0.29) is 0 Å². The van der Waals surface area contributed by atoms with Gasteiger partial charge in [-0.3, -0.25) is 0 Å². The number of hydrogen-bond acceptors (Lipinski definition) is 5. The number of benzene rings is 1. The summed E-state index contributed by atoms with van der Waals surface area (Å²) in [5, 5.41) is 9.64. The minimum absolute atomic E-state index is 0.567. The van der Waals surface area contributed by atoms with E-state index >= 15 is 0 Å². The highest BCUT2D eigenvalue weighted by Crippen LogP contribution is 2.31. The predicted octanol–water partition coefficient (Wildman–Crippen LogP) is 2.54. The second kappa shape index (κ2) is 6.23. The Morgan fingerprint density at radius 3 is 2.73 bits per heavy atom. The fourth-order valence-electron chi connectivity index (χ4n) is 2.43. The van der Waals surface area contributed by atoms with Crippen LogP contribution in [0.4, 0.5) is 5.82 Å². The Hall–Kier alpha value is -2.27. The van der Waals surface area contributed by atoms with Gasteiger partial charge in [-0.2, -0.15) is 0 Å². The minimum atomic E-state index is -0.567. The molecule has 22 heavy (non-hydrogen) atoms. The van der Waals surface area contributed by atoms with E-state index in [1.807, 2.05) is 48.3 Å². The first kappa shape index (κ1) is 14.7. The van der Waals surface area contributed by atoms with Crippen molar-refractivity contribution in [3.05, 3.63) is 47.7 Å². The average molecular weight is 300 g/mol. The van der Waals surface area contributed by atoms with Gasteiger partial charge in [0, 0.05) is 13.6 Å². The second-order valence-electron chi connectivity index (χ2n) is 5.43. The zero-order valence-electron chi connectivity index (χ0n) is 12.8. The molecule has 0 saturated carbocycles. The molecule has 5 nitrogen and oxygen atoms in total. The van der Waals surface area contributed by atoms with Crippen LogP contribution in [0.2, 0.25) is 0 Å². The van der Waals surface area contributed by atoms with Gasteiger partial charge in [0.15, 0.2) is 11.5 Å². The average Bonchev–Trinajstić information content (AvgIpc) is 2.55. The van der Waals surface area contributed by atoms with Crippen LogP contribution in [-0.4, -0.2) is 30.4 Å². The first-order valence-corrected chi connectivity index (χ1v) is 7.38. The van der Waals surface area contributed by atoms with Crippen LogP contribution in [0, 0.1) is 0 Å². The van der Waals surface area contributed by atoms with Gasteiger partial charge in [0.1, 0.15) is 19.0 Å². The van der Waals surface area contributed by atoms with Gasteiger partial charge in [0.2, 0.25) is 0 Å². The highest BCUT2D eigenvalue weighted by Gasteiger charge is 2.13. The van der Waals surface area contributed by atoms with Crippen LogP contribution in [-0.2, 0) is 6.54 Å². The van der Waals surface area contributed by atoms with Crippen LogP contribution < -0.4 is 14.4 Å². The van der Waals surface area contributed by atoms with Crippen molar-refractivity contribution in [2.45, 2.75) is 19.6 Å². The quantitative estimate of drug-likeness (QED) is 0.940. The normalized spacial score (nSPS) is 14.5. The largest absolute Gasteiger partial charge is 0.486 e. The molecule has 1 atom stereocenters. The lowest BCUT2D eigenvalue weighted by molar-refractivity contribution is 0.171. The summed E-state index contributed by atoms with van der Waals surface area (Å²) in [4.78, 5) is 6.51. The first-order valence-electron chi connectivity index (χ1n) is 7.38. The Kier molecular flexibility index (Phi) is 4.15. The summed E-state index contributed by atoms with van der Waals surface area (Å²) < 4.78 is 11.1. The maximum atomic E-state index is 9.64. The molecule has 0 bridgehead atoms. The zero-order chi connectivity index (χ0) is 15.5. The van der Waals surface area contributed by atoms with Gasteiger partial charge in [-0.25, -0.2) is 4.98 Å².